The summed E-state index contributed by atoms with van der Waals surface area (Å²) in [6, 6.07) is 1.24. The molecular weight excluding hydrogens is 218 g/mol. The van der Waals surface area contributed by atoms with Gasteiger partial charge < -0.3 is 9.88 Å². The molecule has 1 fully saturated rings. The molecule has 2 rings (SSSR count). The van der Waals surface area contributed by atoms with Gasteiger partial charge in [0.05, 0.1) is 5.69 Å². The van der Waals surface area contributed by atoms with E-state index >= 15 is 0 Å². The number of rotatable bonds is 6. The maximum atomic E-state index is 4.58. The number of aryl methyl sites for hydroxylation is 1. The SMILES string of the molecule is CCC(CSC)n1cc(C)nc1NC1CC1. The van der Waals surface area contributed by atoms with E-state index in [-0.39, 0.29) is 0 Å². The summed E-state index contributed by atoms with van der Waals surface area (Å²) in [6.45, 7) is 4.32. The first-order valence-electron chi connectivity index (χ1n) is 6.05. The van der Waals surface area contributed by atoms with Crippen molar-refractivity contribution in [1.29, 1.82) is 0 Å². The van der Waals surface area contributed by atoms with Crippen molar-refractivity contribution in [3.63, 3.8) is 0 Å². The highest BCUT2D eigenvalue weighted by Crippen LogP contribution is 2.27. The van der Waals surface area contributed by atoms with Crippen molar-refractivity contribution in [3.8, 4) is 0 Å². The number of thioether (sulfide) groups is 1. The Morgan fingerprint density at radius 1 is 1.62 bits per heavy atom. The zero-order chi connectivity index (χ0) is 11.5. The number of anilines is 1. The van der Waals surface area contributed by atoms with Crippen LogP contribution in [0.1, 0.15) is 37.9 Å². The highest BCUT2D eigenvalue weighted by molar-refractivity contribution is 7.98. The fourth-order valence-electron chi connectivity index (χ4n) is 1.90. The van der Waals surface area contributed by atoms with Crippen molar-refractivity contribution in [2.45, 2.75) is 45.2 Å². The van der Waals surface area contributed by atoms with E-state index in [1.165, 1.54) is 12.8 Å². The lowest BCUT2D eigenvalue weighted by Crippen LogP contribution is -2.15. The summed E-state index contributed by atoms with van der Waals surface area (Å²) in [5.74, 6) is 2.23. The largest absolute Gasteiger partial charge is 0.353 e. The third-order valence-electron chi connectivity index (χ3n) is 2.99. The monoisotopic (exact) mass is 239 g/mol. The molecule has 1 heterocycles. The van der Waals surface area contributed by atoms with Gasteiger partial charge in [0, 0.05) is 24.0 Å². The van der Waals surface area contributed by atoms with Crippen molar-refractivity contribution in [2.24, 2.45) is 0 Å². The van der Waals surface area contributed by atoms with Crippen molar-refractivity contribution in [2.75, 3.05) is 17.3 Å². The maximum absolute atomic E-state index is 4.58. The number of nitrogens with one attached hydrogen (secondary N) is 1. The Labute approximate surface area is 102 Å². The van der Waals surface area contributed by atoms with Crippen molar-refractivity contribution >= 4 is 17.7 Å². The van der Waals surface area contributed by atoms with Crippen LogP contribution in [0.15, 0.2) is 6.20 Å². The summed E-state index contributed by atoms with van der Waals surface area (Å²) in [4.78, 5) is 4.58. The summed E-state index contributed by atoms with van der Waals surface area (Å²) in [7, 11) is 0. The molecule has 0 aromatic carbocycles. The Bertz CT molecular complexity index is 344. The fraction of sp³-hybridized carbons (Fsp3) is 0.750. The molecule has 16 heavy (non-hydrogen) atoms. The van der Waals surface area contributed by atoms with Gasteiger partial charge in [0.1, 0.15) is 0 Å². The van der Waals surface area contributed by atoms with Gasteiger partial charge in [-0.25, -0.2) is 4.98 Å². The normalized spacial score (nSPS) is 17.4. The minimum atomic E-state index is 0.567. The summed E-state index contributed by atoms with van der Waals surface area (Å²) < 4.78 is 2.32. The number of nitrogens with zero attached hydrogens (tertiary/aromatic N) is 2. The van der Waals surface area contributed by atoms with Crippen LogP contribution in [0.25, 0.3) is 0 Å². The first-order valence-corrected chi connectivity index (χ1v) is 7.45. The number of hydrogen-bond donors (Lipinski definition) is 1. The Kier molecular flexibility index (Phi) is 3.79. The van der Waals surface area contributed by atoms with E-state index in [1.807, 2.05) is 11.8 Å². The molecular formula is C12H21N3S. The molecule has 0 bridgehead atoms. The summed E-state index contributed by atoms with van der Waals surface area (Å²) in [5, 5.41) is 3.52. The maximum Gasteiger partial charge on any atom is 0.203 e. The van der Waals surface area contributed by atoms with Gasteiger partial charge in [-0.1, -0.05) is 6.92 Å². The second kappa shape index (κ2) is 5.13. The third-order valence-corrected chi connectivity index (χ3v) is 3.71. The van der Waals surface area contributed by atoms with Gasteiger partial charge in [-0.2, -0.15) is 11.8 Å². The summed E-state index contributed by atoms with van der Waals surface area (Å²) in [5.41, 5.74) is 1.11. The number of imidazole rings is 1. The van der Waals surface area contributed by atoms with E-state index < -0.39 is 0 Å². The van der Waals surface area contributed by atoms with Crippen LogP contribution in [-0.4, -0.2) is 27.6 Å². The standard InChI is InChI=1S/C12H21N3S/c1-4-11(8-16-3)15-7-9(2)13-12(15)14-10-5-6-10/h7,10-11H,4-6,8H2,1-3H3,(H,13,14). The molecule has 0 saturated heterocycles. The first-order chi connectivity index (χ1) is 7.74. The molecule has 1 unspecified atom stereocenters. The van der Waals surface area contributed by atoms with Crippen LogP contribution in [0.3, 0.4) is 0 Å². The van der Waals surface area contributed by atoms with Crippen LogP contribution in [-0.2, 0) is 0 Å². The first kappa shape index (κ1) is 11.8. The van der Waals surface area contributed by atoms with Gasteiger partial charge >= 0.3 is 0 Å². The number of aromatic nitrogens is 2. The smallest absolute Gasteiger partial charge is 0.203 e. The zero-order valence-corrected chi connectivity index (χ0v) is 11.2. The molecule has 1 N–H and O–H groups in total. The van der Waals surface area contributed by atoms with Crippen molar-refractivity contribution in [1.82, 2.24) is 9.55 Å². The van der Waals surface area contributed by atoms with Gasteiger partial charge in [0.25, 0.3) is 0 Å². The van der Waals surface area contributed by atoms with Gasteiger partial charge in [0.2, 0.25) is 5.95 Å². The predicted octanol–water partition coefficient (Wildman–Crippen LogP) is 3.08. The van der Waals surface area contributed by atoms with E-state index in [4.69, 9.17) is 0 Å². The molecule has 1 aromatic rings. The topological polar surface area (TPSA) is 29.9 Å². The van der Waals surface area contributed by atoms with Crippen molar-refractivity contribution in [3.05, 3.63) is 11.9 Å². The van der Waals surface area contributed by atoms with Gasteiger partial charge in [0.15, 0.2) is 0 Å². The summed E-state index contributed by atoms with van der Waals surface area (Å²) in [6.07, 6.45) is 8.10. The van der Waals surface area contributed by atoms with E-state index in [0.29, 0.717) is 12.1 Å². The van der Waals surface area contributed by atoms with E-state index in [1.54, 1.807) is 0 Å². The molecule has 0 amide bonds. The summed E-state index contributed by atoms with van der Waals surface area (Å²) >= 11 is 1.91. The molecule has 3 nitrogen and oxygen atoms in total. The Morgan fingerprint density at radius 3 is 2.94 bits per heavy atom. The Morgan fingerprint density at radius 2 is 2.38 bits per heavy atom. The lowest BCUT2D eigenvalue weighted by atomic mass is 10.2. The quantitative estimate of drug-likeness (QED) is 0.827. The predicted molar refractivity (Wildman–Crippen MR) is 71.3 cm³/mol. The molecule has 0 aliphatic heterocycles. The van der Waals surface area contributed by atoms with E-state index in [2.05, 4.69) is 41.2 Å². The van der Waals surface area contributed by atoms with Crippen LogP contribution in [0.2, 0.25) is 0 Å². The molecule has 4 heteroatoms. The van der Waals surface area contributed by atoms with Gasteiger partial charge in [-0.05, 0) is 32.4 Å². The van der Waals surface area contributed by atoms with Crippen LogP contribution in [0.4, 0.5) is 5.95 Å². The zero-order valence-electron chi connectivity index (χ0n) is 10.4. The molecule has 1 aromatic heterocycles. The van der Waals surface area contributed by atoms with Crippen LogP contribution >= 0.6 is 11.8 Å². The van der Waals surface area contributed by atoms with E-state index in [0.717, 1.165) is 23.8 Å². The Hall–Kier alpha value is -0.640. The van der Waals surface area contributed by atoms with E-state index in [9.17, 15) is 0 Å². The highest BCUT2D eigenvalue weighted by Gasteiger charge is 2.24. The average molecular weight is 239 g/mol. The molecule has 1 atom stereocenters. The average Bonchev–Trinajstić information content (AvgIpc) is 2.99. The van der Waals surface area contributed by atoms with Crippen molar-refractivity contribution < 1.29 is 0 Å². The molecule has 0 spiro atoms. The van der Waals surface area contributed by atoms with Gasteiger partial charge in [-0.3, -0.25) is 0 Å². The number of hydrogen-bond acceptors (Lipinski definition) is 3. The minimum Gasteiger partial charge on any atom is -0.353 e. The molecule has 90 valence electrons. The molecule has 1 saturated carbocycles. The second-order valence-corrected chi connectivity index (χ2v) is 5.46. The molecule has 0 radical (unpaired) electrons. The lowest BCUT2D eigenvalue weighted by molar-refractivity contribution is 0.543. The van der Waals surface area contributed by atoms with Crippen LogP contribution in [0, 0.1) is 6.92 Å². The van der Waals surface area contributed by atoms with Gasteiger partial charge in [-0.15, -0.1) is 0 Å². The third kappa shape index (κ3) is 2.73. The highest BCUT2D eigenvalue weighted by atomic mass is 32.2. The Balaban J connectivity index is 2.15. The van der Waals surface area contributed by atoms with Crippen LogP contribution in [0.5, 0.6) is 0 Å². The fourth-order valence-corrected chi connectivity index (χ4v) is 2.68. The van der Waals surface area contributed by atoms with Crippen LogP contribution < -0.4 is 5.32 Å². The molecule has 1 aliphatic carbocycles. The minimum absolute atomic E-state index is 0.567. The second-order valence-electron chi connectivity index (χ2n) is 4.55. The molecule has 1 aliphatic rings. The lowest BCUT2D eigenvalue weighted by Gasteiger charge is -2.18.